The van der Waals surface area contributed by atoms with Gasteiger partial charge < -0.3 is 19.8 Å². The van der Waals surface area contributed by atoms with E-state index >= 15 is 0 Å². The van der Waals surface area contributed by atoms with Gasteiger partial charge in [0.05, 0.1) is 11.5 Å². The lowest BCUT2D eigenvalue weighted by Gasteiger charge is -2.32. The number of aromatic nitrogens is 2. The maximum absolute atomic E-state index is 9.88. The Morgan fingerprint density at radius 3 is 2.59 bits per heavy atom. The molecule has 0 aromatic carbocycles. The van der Waals surface area contributed by atoms with E-state index in [1.807, 2.05) is 6.92 Å². The number of aliphatic hydroxyl groups excluding tert-OH is 1. The molecular formula is C21H31N3O4S. The largest absolute Gasteiger partial charge is 0.483 e. The quantitative estimate of drug-likeness (QED) is 0.714. The fraction of sp³-hybridized carbons (Fsp3) is 0.667. The summed E-state index contributed by atoms with van der Waals surface area (Å²) in [6, 6.07) is 0.668. The summed E-state index contributed by atoms with van der Waals surface area (Å²) in [6.07, 6.45) is 9.13. The highest BCUT2D eigenvalue weighted by Crippen LogP contribution is 2.47. The van der Waals surface area contributed by atoms with Gasteiger partial charge >= 0.3 is 0 Å². The fourth-order valence-corrected chi connectivity index (χ4v) is 5.85. The number of nitrogens with zero attached hydrogens (tertiary/aromatic N) is 3. The summed E-state index contributed by atoms with van der Waals surface area (Å²) in [6.45, 7) is 1.63. The van der Waals surface area contributed by atoms with E-state index in [1.165, 1.54) is 23.3 Å². The second-order valence-electron chi connectivity index (χ2n) is 8.24. The van der Waals surface area contributed by atoms with Gasteiger partial charge in [-0.05, 0) is 77.4 Å². The Morgan fingerprint density at radius 2 is 1.97 bits per heavy atom. The van der Waals surface area contributed by atoms with E-state index in [1.54, 1.807) is 17.7 Å². The van der Waals surface area contributed by atoms with Crippen molar-refractivity contribution in [3.8, 4) is 5.88 Å². The molecule has 2 aliphatic rings. The third-order valence-electron chi connectivity index (χ3n) is 5.97. The van der Waals surface area contributed by atoms with Gasteiger partial charge in [-0.15, -0.1) is 11.3 Å². The van der Waals surface area contributed by atoms with Crippen molar-refractivity contribution >= 4 is 28.0 Å². The molecule has 2 atom stereocenters. The number of thiophene rings is 1. The molecule has 0 spiro atoms. The summed E-state index contributed by atoms with van der Waals surface area (Å²) in [5, 5.41) is 17.9. The molecule has 0 amide bonds. The van der Waals surface area contributed by atoms with E-state index in [2.05, 4.69) is 29.0 Å². The van der Waals surface area contributed by atoms with Gasteiger partial charge in [0.15, 0.2) is 0 Å². The van der Waals surface area contributed by atoms with Crippen LogP contribution in [0.2, 0.25) is 0 Å². The molecule has 2 heterocycles. The van der Waals surface area contributed by atoms with Crippen LogP contribution in [-0.2, 0) is 11.2 Å². The molecule has 29 heavy (non-hydrogen) atoms. The minimum Gasteiger partial charge on any atom is -0.483 e. The molecule has 1 saturated carbocycles. The number of fused-ring (bicyclic) bond motifs is 3. The lowest BCUT2D eigenvalue weighted by molar-refractivity contribution is -0.122. The van der Waals surface area contributed by atoms with E-state index < -0.39 is 0 Å². The van der Waals surface area contributed by atoms with Crippen LogP contribution in [0.5, 0.6) is 5.88 Å². The predicted molar refractivity (Wildman–Crippen MR) is 114 cm³/mol. The maximum atomic E-state index is 9.88. The minimum atomic E-state index is -0.281. The molecule has 8 heteroatoms. The van der Waals surface area contributed by atoms with E-state index in [4.69, 9.17) is 14.6 Å². The number of carboxylic acid groups (broad SMARTS) is 1. The number of hydrogen-bond donors (Lipinski definition) is 2. The number of carbonyl (C=O) groups is 1. The van der Waals surface area contributed by atoms with Crippen molar-refractivity contribution in [3.05, 3.63) is 16.8 Å². The molecule has 1 fully saturated rings. The van der Waals surface area contributed by atoms with Gasteiger partial charge in [0.25, 0.3) is 6.47 Å². The normalized spacial score (nSPS) is 24.7. The highest BCUT2D eigenvalue weighted by Gasteiger charge is 2.32. The van der Waals surface area contributed by atoms with E-state index in [0.717, 1.165) is 48.2 Å². The highest BCUT2D eigenvalue weighted by molar-refractivity contribution is 7.19. The molecule has 7 nitrogen and oxygen atoms in total. The summed E-state index contributed by atoms with van der Waals surface area (Å²) in [7, 11) is 4.33. The van der Waals surface area contributed by atoms with Gasteiger partial charge in [0, 0.05) is 10.9 Å². The predicted octanol–water partition coefficient (Wildman–Crippen LogP) is 3.44. The summed E-state index contributed by atoms with van der Waals surface area (Å²) in [5.74, 6) is 1.16. The molecule has 0 unspecified atom stereocenters. The molecule has 2 aromatic heterocycles. The Bertz CT molecular complexity index is 816. The van der Waals surface area contributed by atoms with E-state index in [-0.39, 0.29) is 18.7 Å². The number of ether oxygens (including phenoxy) is 1. The Balaban J connectivity index is 0.000000755. The van der Waals surface area contributed by atoms with Crippen LogP contribution in [0, 0.1) is 0 Å². The first-order chi connectivity index (χ1) is 13.9. The molecule has 160 valence electrons. The van der Waals surface area contributed by atoms with Gasteiger partial charge in [-0.1, -0.05) is 0 Å². The van der Waals surface area contributed by atoms with Crippen molar-refractivity contribution < 1.29 is 19.7 Å². The van der Waals surface area contributed by atoms with Gasteiger partial charge in [-0.2, -0.15) is 0 Å². The molecule has 0 bridgehead atoms. The Labute approximate surface area is 175 Å². The van der Waals surface area contributed by atoms with E-state index in [0.29, 0.717) is 12.0 Å². The lowest BCUT2D eigenvalue weighted by atomic mass is 9.92. The first kappa shape index (κ1) is 21.9. The number of aliphatic hydroxyl groups is 1. The van der Waals surface area contributed by atoms with Crippen LogP contribution in [0.4, 0.5) is 0 Å². The fourth-order valence-electron chi connectivity index (χ4n) is 4.61. The second-order valence-corrected chi connectivity index (χ2v) is 9.32. The molecule has 0 radical (unpaired) electrons. The summed E-state index contributed by atoms with van der Waals surface area (Å²) >= 11 is 1.78. The first-order valence-electron chi connectivity index (χ1n) is 10.3. The second kappa shape index (κ2) is 9.82. The SMILES string of the molecule is C[C@@H](O)C[C@H]1CCc2sc3ncnc(OC4CCC(N(C)C)CC4)c3c21.O=CO. The van der Waals surface area contributed by atoms with Crippen LogP contribution in [0.3, 0.4) is 0 Å². The molecule has 2 aliphatic carbocycles. The minimum absolute atomic E-state index is 0.247. The average Bonchev–Trinajstić information content (AvgIpc) is 3.22. The van der Waals surface area contributed by atoms with Crippen molar-refractivity contribution in [2.45, 2.75) is 76.0 Å². The monoisotopic (exact) mass is 421 g/mol. The molecule has 2 N–H and O–H groups in total. The summed E-state index contributed by atoms with van der Waals surface area (Å²) in [5.41, 5.74) is 1.35. The smallest absolute Gasteiger partial charge is 0.290 e. The van der Waals surface area contributed by atoms with Crippen LogP contribution in [0.1, 0.15) is 61.8 Å². The molecular weight excluding hydrogens is 390 g/mol. The molecule has 0 aliphatic heterocycles. The lowest BCUT2D eigenvalue weighted by Crippen LogP contribution is -2.35. The third-order valence-corrected chi connectivity index (χ3v) is 7.15. The molecule has 0 saturated heterocycles. The van der Waals surface area contributed by atoms with Gasteiger partial charge in [-0.25, -0.2) is 9.97 Å². The van der Waals surface area contributed by atoms with Crippen LogP contribution >= 0.6 is 11.3 Å². The number of rotatable bonds is 5. The van der Waals surface area contributed by atoms with Crippen LogP contribution in [0.25, 0.3) is 10.2 Å². The summed E-state index contributed by atoms with van der Waals surface area (Å²) in [4.78, 5) is 22.2. The van der Waals surface area contributed by atoms with Crippen molar-refractivity contribution in [1.82, 2.24) is 14.9 Å². The van der Waals surface area contributed by atoms with Gasteiger partial charge in [0.2, 0.25) is 5.88 Å². The van der Waals surface area contributed by atoms with Crippen molar-refractivity contribution in [2.75, 3.05) is 14.1 Å². The topological polar surface area (TPSA) is 95.8 Å². The maximum Gasteiger partial charge on any atom is 0.290 e. The van der Waals surface area contributed by atoms with Gasteiger partial charge in [0.1, 0.15) is 17.3 Å². The average molecular weight is 422 g/mol. The number of aryl methyl sites for hydroxylation is 1. The van der Waals surface area contributed by atoms with Crippen LogP contribution in [0.15, 0.2) is 6.33 Å². The molecule has 2 aromatic rings. The van der Waals surface area contributed by atoms with Gasteiger partial charge in [-0.3, -0.25) is 4.79 Å². The zero-order valence-electron chi connectivity index (χ0n) is 17.4. The van der Waals surface area contributed by atoms with E-state index in [9.17, 15) is 5.11 Å². The van der Waals surface area contributed by atoms with Crippen molar-refractivity contribution in [3.63, 3.8) is 0 Å². The summed E-state index contributed by atoms with van der Waals surface area (Å²) < 4.78 is 6.41. The standard InChI is InChI=1S/C20H29N3O2S.CH2O2/c1-12(24)10-13-4-9-16-17(13)18-19(21-11-22-20(18)26-16)25-15-7-5-14(6-8-15)23(2)3;2-1-3/h11-15,24H,4-10H2,1-3H3;1H,(H,2,3)/t12-,13-,14?,15?;/m1./s1. The van der Waals surface area contributed by atoms with Crippen molar-refractivity contribution in [1.29, 1.82) is 0 Å². The third kappa shape index (κ3) is 5.05. The Hall–Kier alpha value is -1.77. The zero-order chi connectivity index (χ0) is 21.0. The van der Waals surface area contributed by atoms with Crippen molar-refractivity contribution in [2.24, 2.45) is 0 Å². The molecule has 4 rings (SSSR count). The first-order valence-corrected chi connectivity index (χ1v) is 11.1. The number of hydrogen-bond acceptors (Lipinski definition) is 7. The zero-order valence-corrected chi connectivity index (χ0v) is 18.2. The van der Waals surface area contributed by atoms with Crippen LogP contribution < -0.4 is 4.74 Å². The van der Waals surface area contributed by atoms with Crippen LogP contribution in [-0.4, -0.2) is 63.9 Å². The Morgan fingerprint density at radius 1 is 1.28 bits per heavy atom. The highest BCUT2D eigenvalue weighted by atomic mass is 32.1. The Kier molecular flexibility index (Phi) is 7.43.